The highest BCUT2D eigenvalue weighted by molar-refractivity contribution is 6.16. The third kappa shape index (κ3) is 7.29. The summed E-state index contributed by atoms with van der Waals surface area (Å²) in [6.07, 6.45) is 6.27. The zero-order valence-corrected chi connectivity index (χ0v) is 27.0. The first-order valence-electron chi connectivity index (χ1n) is 15.2. The van der Waals surface area contributed by atoms with E-state index in [1.165, 1.54) is 47.4 Å². The van der Waals surface area contributed by atoms with Crippen molar-refractivity contribution in [3.8, 4) is 11.4 Å². The van der Waals surface area contributed by atoms with Gasteiger partial charge in [-0.1, -0.05) is 36.0 Å². The number of oxime groups is 1. The highest BCUT2D eigenvalue weighted by atomic mass is 19.1. The number of nitrogens with zero attached hydrogens (tertiary/aromatic N) is 6. The zero-order chi connectivity index (χ0) is 34.5. The second-order valence-corrected chi connectivity index (χ2v) is 11.4. The van der Waals surface area contributed by atoms with E-state index in [2.05, 4.69) is 32.0 Å². The molecule has 3 heterocycles. The van der Waals surface area contributed by atoms with Crippen LogP contribution in [0.15, 0.2) is 131 Å². The number of anilines is 1. The number of ether oxygens (including phenoxy) is 1. The largest absolute Gasteiger partial charge is 0.438 e. The number of benzene rings is 3. The molecule has 0 saturated carbocycles. The van der Waals surface area contributed by atoms with Crippen LogP contribution in [0.3, 0.4) is 0 Å². The van der Waals surface area contributed by atoms with E-state index in [-0.39, 0.29) is 11.5 Å². The Kier molecular flexibility index (Phi) is 9.40. The van der Waals surface area contributed by atoms with Gasteiger partial charge in [-0.25, -0.2) is 4.39 Å². The molecule has 12 heteroatoms. The normalized spacial score (nSPS) is 15.2. The molecule has 1 amide bonds. The first-order chi connectivity index (χ1) is 23.7. The molecular weight excluding hydrogens is 625 g/mol. The Balaban J connectivity index is 1.26. The lowest BCUT2D eigenvalue weighted by molar-refractivity contribution is 0.102. The molecule has 0 spiro atoms. The molecule has 0 saturated heterocycles. The van der Waals surface area contributed by atoms with Gasteiger partial charge >= 0.3 is 0 Å². The molecule has 5 aromatic rings. The molecule has 49 heavy (non-hydrogen) atoms. The summed E-state index contributed by atoms with van der Waals surface area (Å²) in [7, 11) is 5.80. The maximum absolute atomic E-state index is 13.4. The number of carbonyl (C=O) groups is 1. The number of halogens is 1. The van der Waals surface area contributed by atoms with Crippen LogP contribution < -0.4 is 15.6 Å². The number of aromatic nitrogens is 3. The van der Waals surface area contributed by atoms with Crippen molar-refractivity contribution in [2.75, 3.05) is 19.4 Å². The maximum atomic E-state index is 13.4. The number of hydrogen-bond donors (Lipinski definition) is 1. The van der Waals surface area contributed by atoms with E-state index in [1.807, 2.05) is 51.6 Å². The maximum Gasteiger partial charge on any atom is 0.267 e. The second kappa shape index (κ2) is 14.2. The van der Waals surface area contributed by atoms with Crippen LogP contribution in [-0.2, 0) is 18.4 Å². The van der Waals surface area contributed by atoms with Crippen LogP contribution in [-0.4, -0.2) is 51.5 Å². The van der Waals surface area contributed by atoms with Crippen LogP contribution in [0.4, 0.5) is 10.1 Å². The van der Waals surface area contributed by atoms with Crippen LogP contribution in [0.2, 0.25) is 0 Å². The average molecular weight is 658 g/mol. The molecule has 0 radical (unpaired) electrons. The highest BCUT2D eigenvalue weighted by Gasteiger charge is 2.26. The van der Waals surface area contributed by atoms with E-state index in [9.17, 15) is 14.0 Å². The van der Waals surface area contributed by atoms with Gasteiger partial charge < -0.3 is 19.8 Å². The van der Waals surface area contributed by atoms with E-state index >= 15 is 0 Å². The second-order valence-electron chi connectivity index (χ2n) is 11.4. The van der Waals surface area contributed by atoms with Gasteiger partial charge in [-0.05, 0) is 85.9 Å². The fourth-order valence-corrected chi connectivity index (χ4v) is 5.26. The van der Waals surface area contributed by atoms with E-state index in [1.54, 1.807) is 41.2 Å². The third-order valence-electron chi connectivity index (χ3n) is 7.52. The summed E-state index contributed by atoms with van der Waals surface area (Å²) in [4.78, 5) is 38.6. The number of nitrogens with one attached hydrogen (secondary N) is 1. The monoisotopic (exact) mass is 657 g/mol. The summed E-state index contributed by atoms with van der Waals surface area (Å²) >= 11 is 0. The van der Waals surface area contributed by atoms with Crippen molar-refractivity contribution in [3.63, 3.8) is 0 Å². The molecule has 3 aromatic carbocycles. The third-order valence-corrected chi connectivity index (χ3v) is 7.52. The van der Waals surface area contributed by atoms with Crippen molar-refractivity contribution in [3.05, 3.63) is 154 Å². The van der Waals surface area contributed by atoms with Crippen molar-refractivity contribution >= 4 is 35.2 Å². The quantitative estimate of drug-likeness (QED) is 0.222. The molecule has 1 aliphatic heterocycles. The lowest BCUT2D eigenvalue weighted by Crippen LogP contribution is -2.27. The van der Waals surface area contributed by atoms with Crippen LogP contribution in [0.1, 0.15) is 27.0 Å². The predicted octanol–water partition coefficient (Wildman–Crippen LogP) is 5.90. The minimum atomic E-state index is -0.599. The SMILES string of the molecule is C=C1C(Oc2ccc(NC(=O)c3cccn(-c4ccc(F)cc4)c3=O)cc2)=N/C=N\O/C(c2cnn(C)c2)=C\1c1ccccc1CN(C)C. The first-order valence-corrected chi connectivity index (χ1v) is 15.2. The van der Waals surface area contributed by atoms with Crippen molar-refractivity contribution in [2.45, 2.75) is 6.54 Å². The molecular formula is C37H32FN7O4. The molecule has 11 nitrogen and oxygen atoms in total. The van der Waals surface area contributed by atoms with E-state index in [4.69, 9.17) is 9.57 Å². The number of aryl methyl sites for hydroxylation is 1. The topological polar surface area (TPSA) is 115 Å². The van der Waals surface area contributed by atoms with Gasteiger partial charge in [0.05, 0.1) is 11.8 Å². The Morgan fingerprint density at radius 1 is 1.02 bits per heavy atom. The summed E-state index contributed by atoms with van der Waals surface area (Å²) in [6.45, 7) is 5.04. The van der Waals surface area contributed by atoms with Gasteiger partial charge in [-0.3, -0.25) is 18.8 Å². The summed E-state index contributed by atoms with van der Waals surface area (Å²) in [5.41, 5.74) is 3.93. The van der Waals surface area contributed by atoms with Crippen LogP contribution >= 0.6 is 0 Å². The number of aliphatic imine (C=N–C) groups is 1. The van der Waals surface area contributed by atoms with Gasteiger partial charge in [0.15, 0.2) is 12.1 Å². The number of hydrogen-bond acceptors (Lipinski definition) is 8. The molecule has 246 valence electrons. The van der Waals surface area contributed by atoms with Crippen molar-refractivity contribution in [2.24, 2.45) is 17.2 Å². The van der Waals surface area contributed by atoms with Gasteiger partial charge in [-0.2, -0.15) is 10.1 Å². The fraction of sp³-hybridized carbons (Fsp3) is 0.108. The number of carbonyl (C=O) groups excluding carboxylic acids is 1. The van der Waals surface area contributed by atoms with Gasteiger partial charge in [-0.15, -0.1) is 0 Å². The molecule has 0 fully saturated rings. The smallest absolute Gasteiger partial charge is 0.267 e. The first kappa shape index (κ1) is 32.5. The summed E-state index contributed by atoms with van der Waals surface area (Å²) in [5.74, 6) is 0.00990. The van der Waals surface area contributed by atoms with Gasteiger partial charge in [0.25, 0.3) is 11.5 Å². The Hall–Kier alpha value is -6.40. The Morgan fingerprint density at radius 3 is 2.49 bits per heavy atom. The molecule has 1 N–H and O–H groups in total. The Labute approximate surface area is 281 Å². The van der Waals surface area contributed by atoms with Crippen molar-refractivity contribution < 1.29 is 18.8 Å². The molecule has 6 rings (SSSR count). The van der Waals surface area contributed by atoms with Gasteiger partial charge in [0, 0.05) is 48.5 Å². The lowest BCUT2D eigenvalue weighted by Gasteiger charge is -2.21. The van der Waals surface area contributed by atoms with E-state index < -0.39 is 17.3 Å². The van der Waals surface area contributed by atoms with Crippen molar-refractivity contribution in [1.29, 1.82) is 0 Å². The van der Waals surface area contributed by atoms with Crippen LogP contribution in [0.5, 0.6) is 5.75 Å². The number of pyridine rings is 1. The number of amides is 1. The van der Waals surface area contributed by atoms with Gasteiger partial charge in [0.1, 0.15) is 17.1 Å². The van der Waals surface area contributed by atoms with Crippen molar-refractivity contribution in [1.82, 2.24) is 19.2 Å². The summed E-state index contributed by atoms with van der Waals surface area (Å²) < 4.78 is 22.6. The summed E-state index contributed by atoms with van der Waals surface area (Å²) in [6, 6.07) is 23.0. The number of rotatable bonds is 8. The summed E-state index contributed by atoms with van der Waals surface area (Å²) in [5, 5.41) is 11.1. The van der Waals surface area contributed by atoms with E-state index in [0.717, 1.165) is 11.1 Å². The molecule has 0 bridgehead atoms. The predicted molar refractivity (Wildman–Crippen MR) is 187 cm³/mol. The molecule has 0 unspecified atom stereocenters. The zero-order valence-electron chi connectivity index (χ0n) is 27.0. The standard InChI is InChI=1S/C37H32FN7O4/c1-24-33(31-9-6-5-8-25(31)21-43(2)3)34(26-20-40-44(4)22-26)49-41-23-39-36(24)48-30-17-13-28(14-18-30)42-35(46)32-10-7-19-45(37(32)47)29-15-11-27(38)12-16-29/h5-20,22-23H,1,21H2,2-4H3,(H,42,46)/b34-33+,39-36?,41-23-. The molecule has 0 aliphatic carbocycles. The van der Waals surface area contributed by atoms with Gasteiger partial charge in [0.2, 0.25) is 5.90 Å². The highest BCUT2D eigenvalue weighted by Crippen LogP contribution is 2.36. The molecule has 2 aromatic heterocycles. The van der Waals surface area contributed by atoms with Crippen LogP contribution in [0, 0.1) is 5.82 Å². The average Bonchev–Trinajstić information content (AvgIpc) is 3.52. The lowest BCUT2D eigenvalue weighted by atomic mass is 9.91. The van der Waals surface area contributed by atoms with Crippen LogP contribution in [0.25, 0.3) is 17.0 Å². The van der Waals surface area contributed by atoms with E-state index in [0.29, 0.717) is 46.1 Å². The Morgan fingerprint density at radius 2 is 1.78 bits per heavy atom. The fourth-order valence-electron chi connectivity index (χ4n) is 5.26. The minimum Gasteiger partial charge on any atom is -0.438 e. The molecule has 0 atom stereocenters. The molecule has 1 aliphatic rings. The minimum absolute atomic E-state index is 0.0767. The Bertz CT molecular complexity index is 2180.